The van der Waals surface area contributed by atoms with Gasteiger partial charge in [-0.1, -0.05) is 64.9 Å². The summed E-state index contributed by atoms with van der Waals surface area (Å²) in [6, 6.07) is 16.0. The van der Waals surface area contributed by atoms with Crippen LogP contribution in [0.4, 0.5) is 5.69 Å². The molecule has 1 atom stereocenters. The van der Waals surface area contributed by atoms with E-state index in [1.54, 1.807) is 11.8 Å². The molecule has 1 aliphatic rings. The van der Waals surface area contributed by atoms with Gasteiger partial charge in [-0.3, -0.25) is 0 Å². The van der Waals surface area contributed by atoms with Gasteiger partial charge in [0.05, 0.1) is 0 Å². The van der Waals surface area contributed by atoms with Crippen molar-refractivity contribution < 1.29 is 4.74 Å². The summed E-state index contributed by atoms with van der Waals surface area (Å²) in [6.45, 7) is 2.13. The Balaban J connectivity index is 1.79. The SMILES string of the molecule is CCCSc1nnc2c(n1)O[C@@H](c1cccc(Br)c1)Nc1ccccc1-2. The molecule has 132 valence electrons. The molecule has 0 bridgehead atoms. The van der Waals surface area contributed by atoms with E-state index in [-0.39, 0.29) is 6.23 Å². The van der Waals surface area contributed by atoms with Gasteiger partial charge in [0, 0.05) is 27.0 Å². The van der Waals surface area contributed by atoms with Crippen molar-refractivity contribution in [3.8, 4) is 17.1 Å². The summed E-state index contributed by atoms with van der Waals surface area (Å²) in [7, 11) is 0. The topological polar surface area (TPSA) is 59.9 Å². The van der Waals surface area contributed by atoms with Crippen LogP contribution in [0.25, 0.3) is 11.3 Å². The largest absolute Gasteiger partial charge is 0.448 e. The van der Waals surface area contributed by atoms with Gasteiger partial charge in [0.15, 0.2) is 11.9 Å². The van der Waals surface area contributed by atoms with Gasteiger partial charge >= 0.3 is 0 Å². The Bertz CT molecular complexity index is 937. The molecule has 3 aromatic rings. The molecule has 0 fully saturated rings. The van der Waals surface area contributed by atoms with Crippen LogP contribution in [0.3, 0.4) is 0 Å². The smallest absolute Gasteiger partial charge is 0.247 e. The lowest BCUT2D eigenvalue weighted by Crippen LogP contribution is -2.17. The van der Waals surface area contributed by atoms with Crippen LogP contribution in [0, 0.1) is 0 Å². The Hall–Kier alpha value is -2.12. The first kappa shape index (κ1) is 17.3. The number of ether oxygens (including phenoxy) is 1. The molecule has 1 N–H and O–H groups in total. The van der Waals surface area contributed by atoms with Crippen LogP contribution in [0.15, 0.2) is 58.2 Å². The molecule has 0 radical (unpaired) electrons. The summed E-state index contributed by atoms with van der Waals surface area (Å²) >= 11 is 5.12. The second kappa shape index (κ2) is 7.63. The first-order valence-corrected chi connectivity index (χ1v) is 10.2. The predicted octanol–water partition coefficient (Wildman–Crippen LogP) is 5.31. The highest BCUT2D eigenvalue weighted by Crippen LogP contribution is 2.39. The average Bonchev–Trinajstić information content (AvgIpc) is 2.83. The molecule has 0 amide bonds. The summed E-state index contributed by atoms with van der Waals surface area (Å²) in [6.07, 6.45) is 0.687. The monoisotopic (exact) mass is 428 g/mol. The third-order valence-electron chi connectivity index (χ3n) is 3.92. The van der Waals surface area contributed by atoms with E-state index in [9.17, 15) is 0 Å². The molecular weight excluding hydrogens is 412 g/mol. The Labute approximate surface area is 164 Å². The minimum atomic E-state index is -0.365. The minimum Gasteiger partial charge on any atom is -0.448 e. The van der Waals surface area contributed by atoms with Gasteiger partial charge in [-0.05, 0) is 24.6 Å². The lowest BCUT2D eigenvalue weighted by Gasteiger charge is -2.19. The van der Waals surface area contributed by atoms with Crippen LogP contribution < -0.4 is 10.1 Å². The maximum absolute atomic E-state index is 6.24. The Morgan fingerprint density at radius 2 is 2.04 bits per heavy atom. The van der Waals surface area contributed by atoms with Crippen molar-refractivity contribution in [1.82, 2.24) is 15.2 Å². The van der Waals surface area contributed by atoms with Crippen molar-refractivity contribution >= 4 is 33.4 Å². The Kier molecular flexibility index (Phi) is 5.08. The fourth-order valence-corrected chi connectivity index (χ4v) is 3.77. The molecule has 0 aliphatic carbocycles. The van der Waals surface area contributed by atoms with Crippen LogP contribution in [0.1, 0.15) is 25.1 Å². The Morgan fingerprint density at radius 1 is 1.15 bits per heavy atom. The molecule has 2 heterocycles. The van der Waals surface area contributed by atoms with Crippen LogP contribution >= 0.6 is 27.7 Å². The number of rotatable bonds is 4. The molecule has 1 aliphatic heterocycles. The number of halogens is 1. The minimum absolute atomic E-state index is 0.365. The molecule has 2 aromatic carbocycles. The quantitative estimate of drug-likeness (QED) is 0.568. The second-order valence-electron chi connectivity index (χ2n) is 5.84. The van der Waals surface area contributed by atoms with Crippen LogP contribution in [0.5, 0.6) is 5.88 Å². The van der Waals surface area contributed by atoms with Crippen LogP contribution in [-0.2, 0) is 0 Å². The van der Waals surface area contributed by atoms with E-state index in [2.05, 4.69) is 43.4 Å². The van der Waals surface area contributed by atoms with E-state index in [0.717, 1.165) is 33.5 Å². The summed E-state index contributed by atoms with van der Waals surface area (Å²) in [4.78, 5) is 4.62. The van der Waals surface area contributed by atoms with Gasteiger partial charge in [-0.2, -0.15) is 4.98 Å². The molecule has 4 rings (SSSR count). The third-order valence-corrected chi connectivity index (χ3v) is 5.46. The van der Waals surface area contributed by atoms with E-state index >= 15 is 0 Å². The van der Waals surface area contributed by atoms with Crippen molar-refractivity contribution in [1.29, 1.82) is 0 Å². The van der Waals surface area contributed by atoms with Crippen molar-refractivity contribution in [3.05, 3.63) is 58.6 Å². The highest BCUT2D eigenvalue weighted by atomic mass is 79.9. The predicted molar refractivity (Wildman–Crippen MR) is 107 cm³/mol. The van der Waals surface area contributed by atoms with Gasteiger partial charge in [-0.25, -0.2) is 0 Å². The van der Waals surface area contributed by atoms with Gasteiger partial charge in [0.2, 0.25) is 11.0 Å². The number of benzene rings is 2. The zero-order chi connectivity index (χ0) is 17.9. The van der Waals surface area contributed by atoms with Crippen LogP contribution in [-0.4, -0.2) is 20.9 Å². The zero-order valence-corrected chi connectivity index (χ0v) is 16.5. The number of fused-ring (bicyclic) bond motifs is 3. The molecule has 26 heavy (non-hydrogen) atoms. The number of nitrogens with one attached hydrogen (secondary N) is 1. The fraction of sp³-hybridized carbons (Fsp3) is 0.211. The van der Waals surface area contributed by atoms with Crippen molar-refractivity contribution in [2.24, 2.45) is 0 Å². The van der Waals surface area contributed by atoms with Crippen molar-refractivity contribution in [2.45, 2.75) is 24.7 Å². The van der Waals surface area contributed by atoms with E-state index in [1.807, 2.05) is 48.5 Å². The molecule has 7 heteroatoms. The molecule has 0 saturated carbocycles. The van der Waals surface area contributed by atoms with E-state index in [4.69, 9.17) is 4.74 Å². The van der Waals surface area contributed by atoms with Gasteiger partial charge in [0.1, 0.15) is 0 Å². The number of thioether (sulfide) groups is 1. The normalized spacial score (nSPS) is 15.2. The van der Waals surface area contributed by atoms with Gasteiger partial charge < -0.3 is 10.1 Å². The highest BCUT2D eigenvalue weighted by molar-refractivity contribution is 9.10. The number of nitrogens with zero attached hydrogens (tertiary/aromatic N) is 3. The molecular formula is C19H17BrN4OS. The summed E-state index contributed by atoms with van der Waals surface area (Å²) in [5, 5.41) is 12.8. The molecule has 5 nitrogen and oxygen atoms in total. The number of anilines is 1. The van der Waals surface area contributed by atoms with Crippen molar-refractivity contribution in [3.63, 3.8) is 0 Å². The number of hydrogen-bond donors (Lipinski definition) is 1. The van der Waals surface area contributed by atoms with Crippen LogP contribution in [0.2, 0.25) is 0 Å². The van der Waals surface area contributed by atoms with Crippen molar-refractivity contribution in [2.75, 3.05) is 11.1 Å². The molecule has 0 saturated heterocycles. The van der Waals surface area contributed by atoms with E-state index in [1.165, 1.54) is 0 Å². The third kappa shape index (κ3) is 3.54. The van der Waals surface area contributed by atoms with E-state index in [0.29, 0.717) is 16.7 Å². The summed E-state index contributed by atoms with van der Waals surface area (Å²) < 4.78 is 7.24. The first-order valence-electron chi connectivity index (χ1n) is 8.40. The molecule has 0 unspecified atom stereocenters. The maximum atomic E-state index is 6.24. The van der Waals surface area contributed by atoms with E-state index < -0.39 is 0 Å². The maximum Gasteiger partial charge on any atom is 0.247 e. The summed E-state index contributed by atoms with van der Waals surface area (Å²) in [5.74, 6) is 1.45. The molecule has 1 aromatic heterocycles. The zero-order valence-electron chi connectivity index (χ0n) is 14.1. The fourth-order valence-electron chi connectivity index (χ4n) is 2.72. The number of hydrogen-bond acceptors (Lipinski definition) is 6. The standard InChI is InChI=1S/C19H17BrN4OS/c1-2-10-26-19-22-18-16(23-24-19)14-8-3-4-9-15(14)21-17(25-18)12-6-5-7-13(20)11-12/h3-9,11,17,21H,2,10H2,1H3/t17-/m0/s1. The lowest BCUT2D eigenvalue weighted by molar-refractivity contribution is 0.225. The second-order valence-corrected chi connectivity index (χ2v) is 7.82. The van der Waals surface area contributed by atoms with Gasteiger partial charge in [-0.15, -0.1) is 10.2 Å². The number of aromatic nitrogens is 3. The Morgan fingerprint density at radius 3 is 2.88 bits per heavy atom. The molecule has 0 spiro atoms. The average molecular weight is 429 g/mol. The van der Waals surface area contributed by atoms with Gasteiger partial charge in [0.25, 0.3) is 0 Å². The highest BCUT2D eigenvalue weighted by Gasteiger charge is 2.26. The number of para-hydroxylation sites is 1. The summed E-state index contributed by atoms with van der Waals surface area (Å²) in [5.41, 5.74) is 3.54. The first-order chi connectivity index (χ1) is 12.7. The lowest BCUT2D eigenvalue weighted by atomic mass is 10.1.